The maximum atomic E-state index is 12.1. The number of rotatable bonds is 5. The quantitative estimate of drug-likeness (QED) is 0.866. The lowest BCUT2D eigenvalue weighted by Crippen LogP contribution is -2.44. The van der Waals surface area contributed by atoms with Gasteiger partial charge in [0.2, 0.25) is 11.8 Å². The van der Waals surface area contributed by atoms with Crippen LogP contribution in [-0.2, 0) is 9.59 Å². The number of hydrogen-bond donors (Lipinski definition) is 2. The second-order valence-electron chi connectivity index (χ2n) is 5.80. The number of piperidine rings is 1. The first-order chi connectivity index (χ1) is 10.5. The van der Waals surface area contributed by atoms with Crippen LogP contribution in [0.15, 0.2) is 24.3 Å². The molecule has 1 fully saturated rings. The van der Waals surface area contributed by atoms with Crippen molar-refractivity contribution in [1.29, 1.82) is 0 Å². The monoisotopic (exact) mass is 323 g/mol. The molecule has 120 valence electrons. The van der Waals surface area contributed by atoms with E-state index in [-0.39, 0.29) is 23.8 Å². The molecule has 6 heteroatoms. The van der Waals surface area contributed by atoms with Crippen LogP contribution in [0.5, 0.6) is 0 Å². The lowest BCUT2D eigenvalue weighted by atomic mass is 9.96. The lowest BCUT2D eigenvalue weighted by Gasteiger charge is -2.30. The Morgan fingerprint density at radius 1 is 1.41 bits per heavy atom. The molecule has 0 spiro atoms. The van der Waals surface area contributed by atoms with Crippen molar-refractivity contribution in [3.8, 4) is 0 Å². The molecule has 1 aromatic carbocycles. The summed E-state index contributed by atoms with van der Waals surface area (Å²) >= 11 is 5.96. The van der Waals surface area contributed by atoms with Gasteiger partial charge in [-0.05, 0) is 50.6 Å². The third-order valence-electron chi connectivity index (χ3n) is 4.08. The maximum Gasteiger partial charge on any atom is 0.234 e. The van der Waals surface area contributed by atoms with Gasteiger partial charge >= 0.3 is 0 Å². The van der Waals surface area contributed by atoms with Crippen molar-refractivity contribution in [1.82, 2.24) is 10.2 Å². The Morgan fingerprint density at radius 2 is 2.09 bits per heavy atom. The van der Waals surface area contributed by atoms with Gasteiger partial charge in [-0.3, -0.25) is 14.5 Å². The Morgan fingerprint density at radius 3 is 2.68 bits per heavy atom. The molecule has 1 aliphatic rings. The molecular formula is C16H22ClN3O2. The summed E-state index contributed by atoms with van der Waals surface area (Å²) < 4.78 is 0. The first-order valence-corrected chi connectivity index (χ1v) is 7.90. The highest BCUT2D eigenvalue weighted by Crippen LogP contribution is 2.18. The highest BCUT2D eigenvalue weighted by Gasteiger charge is 2.24. The van der Waals surface area contributed by atoms with E-state index in [1.165, 1.54) is 0 Å². The third-order valence-corrected chi connectivity index (χ3v) is 4.32. The molecule has 2 rings (SSSR count). The van der Waals surface area contributed by atoms with Gasteiger partial charge in [0.1, 0.15) is 0 Å². The van der Waals surface area contributed by atoms with Gasteiger partial charge in [0, 0.05) is 10.9 Å². The van der Waals surface area contributed by atoms with Crippen molar-refractivity contribution >= 4 is 23.4 Å². The number of amides is 2. The van der Waals surface area contributed by atoms with E-state index in [4.69, 9.17) is 17.3 Å². The topological polar surface area (TPSA) is 75.4 Å². The van der Waals surface area contributed by atoms with Crippen LogP contribution in [0.25, 0.3) is 0 Å². The Kier molecular flexibility index (Phi) is 5.80. The SMILES string of the molecule is C[C@@H](NC(=O)CN1CCC(C(N)=O)CC1)c1cccc(Cl)c1. The van der Waals surface area contributed by atoms with Gasteiger partial charge < -0.3 is 11.1 Å². The molecule has 1 aromatic rings. The molecule has 0 aromatic heterocycles. The van der Waals surface area contributed by atoms with E-state index in [0.717, 1.165) is 31.5 Å². The molecule has 1 saturated heterocycles. The van der Waals surface area contributed by atoms with Gasteiger partial charge in [0.05, 0.1) is 12.6 Å². The van der Waals surface area contributed by atoms with Crippen molar-refractivity contribution < 1.29 is 9.59 Å². The molecule has 0 unspecified atom stereocenters. The zero-order chi connectivity index (χ0) is 16.1. The zero-order valence-electron chi connectivity index (χ0n) is 12.7. The Labute approximate surface area is 135 Å². The molecule has 1 atom stereocenters. The van der Waals surface area contributed by atoms with Gasteiger partial charge in [-0.15, -0.1) is 0 Å². The molecule has 1 heterocycles. The number of carbonyl (C=O) groups excluding carboxylic acids is 2. The minimum absolute atomic E-state index is 0.0231. The van der Waals surface area contributed by atoms with Crippen LogP contribution in [0, 0.1) is 5.92 Å². The predicted molar refractivity (Wildman–Crippen MR) is 86.4 cm³/mol. The smallest absolute Gasteiger partial charge is 0.234 e. The first kappa shape index (κ1) is 16.8. The van der Waals surface area contributed by atoms with Crippen molar-refractivity contribution in [3.63, 3.8) is 0 Å². The van der Waals surface area contributed by atoms with Gasteiger partial charge in [-0.1, -0.05) is 23.7 Å². The van der Waals surface area contributed by atoms with Crippen molar-refractivity contribution in [3.05, 3.63) is 34.9 Å². The van der Waals surface area contributed by atoms with E-state index >= 15 is 0 Å². The second kappa shape index (κ2) is 7.61. The Balaban J connectivity index is 1.80. The first-order valence-electron chi connectivity index (χ1n) is 7.52. The Bertz CT molecular complexity index is 542. The molecule has 1 aliphatic heterocycles. The predicted octanol–water partition coefficient (Wildman–Crippen LogP) is 1.71. The number of nitrogens with zero attached hydrogens (tertiary/aromatic N) is 1. The van der Waals surface area contributed by atoms with Crippen LogP contribution in [0.3, 0.4) is 0 Å². The number of nitrogens with one attached hydrogen (secondary N) is 1. The number of likely N-dealkylation sites (tertiary alicyclic amines) is 1. The molecule has 0 saturated carbocycles. The molecule has 0 aliphatic carbocycles. The summed E-state index contributed by atoms with van der Waals surface area (Å²) in [5.41, 5.74) is 6.29. The number of benzene rings is 1. The second-order valence-corrected chi connectivity index (χ2v) is 6.23. The largest absolute Gasteiger partial charge is 0.369 e. The molecule has 5 nitrogen and oxygen atoms in total. The van der Waals surface area contributed by atoms with Gasteiger partial charge in [0.15, 0.2) is 0 Å². The van der Waals surface area contributed by atoms with E-state index < -0.39 is 0 Å². The van der Waals surface area contributed by atoms with E-state index in [9.17, 15) is 9.59 Å². The number of halogens is 1. The minimum atomic E-state index is -0.237. The molecule has 3 N–H and O–H groups in total. The normalized spacial score (nSPS) is 17.9. The fourth-order valence-electron chi connectivity index (χ4n) is 2.73. The molecule has 2 amide bonds. The summed E-state index contributed by atoms with van der Waals surface area (Å²) in [6, 6.07) is 7.38. The summed E-state index contributed by atoms with van der Waals surface area (Å²) in [7, 11) is 0. The number of hydrogen-bond acceptors (Lipinski definition) is 3. The zero-order valence-corrected chi connectivity index (χ0v) is 13.5. The van der Waals surface area contributed by atoms with Crippen LogP contribution in [0.2, 0.25) is 5.02 Å². The van der Waals surface area contributed by atoms with Crippen LogP contribution >= 0.6 is 11.6 Å². The molecule has 22 heavy (non-hydrogen) atoms. The fraction of sp³-hybridized carbons (Fsp3) is 0.500. The summed E-state index contributed by atoms with van der Waals surface area (Å²) in [5, 5.41) is 3.63. The van der Waals surface area contributed by atoms with Crippen LogP contribution in [0.1, 0.15) is 31.4 Å². The lowest BCUT2D eigenvalue weighted by molar-refractivity contribution is -0.124. The summed E-state index contributed by atoms with van der Waals surface area (Å²) in [6.07, 6.45) is 1.46. The molecular weight excluding hydrogens is 302 g/mol. The number of nitrogens with two attached hydrogens (primary N) is 1. The Hall–Kier alpha value is -1.59. The number of carbonyl (C=O) groups is 2. The highest BCUT2D eigenvalue weighted by molar-refractivity contribution is 6.30. The van der Waals surface area contributed by atoms with Crippen LogP contribution in [0.4, 0.5) is 0 Å². The van der Waals surface area contributed by atoms with Crippen LogP contribution < -0.4 is 11.1 Å². The van der Waals surface area contributed by atoms with E-state index in [1.54, 1.807) is 0 Å². The summed E-state index contributed by atoms with van der Waals surface area (Å²) in [6.45, 7) is 3.73. The van der Waals surface area contributed by atoms with Gasteiger partial charge in [-0.25, -0.2) is 0 Å². The third kappa shape index (κ3) is 4.71. The fourth-order valence-corrected chi connectivity index (χ4v) is 2.92. The van der Waals surface area contributed by atoms with E-state index in [0.29, 0.717) is 11.6 Å². The highest BCUT2D eigenvalue weighted by atomic mass is 35.5. The van der Waals surface area contributed by atoms with Gasteiger partial charge in [-0.2, -0.15) is 0 Å². The van der Waals surface area contributed by atoms with Crippen molar-refractivity contribution in [2.45, 2.75) is 25.8 Å². The average molecular weight is 324 g/mol. The standard InChI is InChI=1S/C16H22ClN3O2/c1-11(13-3-2-4-14(17)9-13)19-15(21)10-20-7-5-12(6-8-20)16(18)22/h2-4,9,11-12H,5-8,10H2,1H3,(H2,18,22)(H,19,21)/t11-/m1/s1. The summed E-state index contributed by atoms with van der Waals surface area (Å²) in [5.74, 6) is -0.312. The average Bonchev–Trinajstić information content (AvgIpc) is 2.47. The molecule has 0 bridgehead atoms. The van der Waals surface area contributed by atoms with Gasteiger partial charge in [0.25, 0.3) is 0 Å². The summed E-state index contributed by atoms with van der Waals surface area (Å²) in [4.78, 5) is 25.3. The minimum Gasteiger partial charge on any atom is -0.369 e. The maximum absolute atomic E-state index is 12.1. The van der Waals surface area contributed by atoms with E-state index in [1.807, 2.05) is 31.2 Å². The van der Waals surface area contributed by atoms with Crippen molar-refractivity contribution in [2.75, 3.05) is 19.6 Å². The van der Waals surface area contributed by atoms with Crippen LogP contribution in [-0.4, -0.2) is 36.3 Å². The number of primary amides is 1. The van der Waals surface area contributed by atoms with Crippen molar-refractivity contribution in [2.24, 2.45) is 11.7 Å². The molecule has 0 radical (unpaired) electrons. The van der Waals surface area contributed by atoms with E-state index in [2.05, 4.69) is 10.2 Å².